The van der Waals surface area contributed by atoms with Gasteiger partial charge < -0.3 is 39.8 Å². The summed E-state index contributed by atoms with van der Waals surface area (Å²) in [4.78, 5) is 40.5. The number of methoxy groups -OCH3 is 1. The Morgan fingerprint density at radius 3 is 2.48 bits per heavy atom. The number of hydrogen-bond donors (Lipinski definition) is 6. The van der Waals surface area contributed by atoms with Gasteiger partial charge in [0.2, 0.25) is 11.5 Å². The molecule has 2 amide bonds. The summed E-state index contributed by atoms with van der Waals surface area (Å²) in [5.74, 6) is 0.215. The van der Waals surface area contributed by atoms with Gasteiger partial charge >= 0.3 is 6.09 Å². The molecule has 294 valence electrons. The van der Waals surface area contributed by atoms with Crippen molar-refractivity contribution in [3.8, 4) is 22.6 Å². The first-order valence-electron chi connectivity index (χ1n) is 18.8. The third-order valence-corrected chi connectivity index (χ3v) is 10.5. The largest absolute Gasteiger partial charge is 0.506 e. The number of carbonyl (C=O) groups excluding carboxylic acids is 2. The van der Waals surface area contributed by atoms with Gasteiger partial charge in [-0.25, -0.2) is 4.79 Å². The fourth-order valence-electron chi connectivity index (χ4n) is 7.06. The molecule has 4 aromatic carbocycles. The van der Waals surface area contributed by atoms with Crippen LogP contribution >= 0.6 is 11.6 Å². The average Bonchev–Trinajstić information content (AvgIpc) is 3.17. The maximum absolute atomic E-state index is 13.1. The molecular weight excluding hydrogens is 734 g/mol. The summed E-state index contributed by atoms with van der Waals surface area (Å²) in [7, 11) is 5.90. The second kappa shape index (κ2) is 18.0. The topological polar surface area (TPSA) is 162 Å². The fourth-order valence-corrected chi connectivity index (χ4v) is 7.29. The Hall–Kier alpha value is -5.40. The van der Waals surface area contributed by atoms with Crippen LogP contribution in [0.25, 0.3) is 22.0 Å². The number of ether oxygens (including phenoxy) is 2. The van der Waals surface area contributed by atoms with Crippen molar-refractivity contribution >= 4 is 45.9 Å². The summed E-state index contributed by atoms with van der Waals surface area (Å²) >= 11 is 6.62. The third-order valence-electron chi connectivity index (χ3n) is 10.2. The van der Waals surface area contributed by atoms with Gasteiger partial charge in [-0.1, -0.05) is 60.1 Å². The number of quaternary nitrogens is 1. The van der Waals surface area contributed by atoms with Crippen molar-refractivity contribution in [1.29, 1.82) is 0 Å². The number of anilines is 2. The third kappa shape index (κ3) is 10.3. The normalized spacial score (nSPS) is 14.6. The standard InChI is InChI=1S/C43H48ClN5O7/c1-49(2)20-18-30(19-21-49)56-43(54)47-35-22-27(12-13-31(35)28-9-5-4-6-10-28)8-7-11-40(52)46-36-24-39(55-3)29(23-34(36)44)25-45-26-38(51)32-14-16-37(50)42-33(32)15-17-41(53)48-42/h4-6,9-10,12-17,22-24,30,38,45,51H,7-8,11,18-21,25-26H2,1-3H3,(H3-,46,47,48,50,52,53,54)/p+1/t38-/m0/s1. The number of aliphatic hydroxyl groups is 1. The fraction of sp³-hybridized carbons (Fsp3) is 0.326. The summed E-state index contributed by atoms with van der Waals surface area (Å²) in [6.45, 7) is 2.38. The molecule has 0 saturated carbocycles. The molecule has 1 saturated heterocycles. The molecule has 1 atom stereocenters. The average molecular weight is 783 g/mol. The van der Waals surface area contributed by atoms with E-state index in [-0.39, 0.29) is 41.8 Å². The Bertz CT molecular complexity index is 2230. The molecule has 0 unspecified atom stereocenters. The minimum Gasteiger partial charge on any atom is -0.506 e. The summed E-state index contributed by atoms with van der Waals surface area (Å²) in [5.41, 5.74) is 5.07. The molecule has 12 nitrogen and oxygen atoms in total. The van der Waals surface area contributed by atoms with E-state index in [0.29, 0.717) is 52.5 Å². The number of pyridine rings is 1. The molecule has 0 bridgehead atoms. The number of hydrogen-bond acceptors (Lipinski definition) is 8. The number of halogens is 1. The number of piperidine rings is 1. The summed E-state index contributed by atoms with van der Waals surface area (Å²) in [6, 6.07) is 25.1. The number of benzene rings is 4. The number of aliphatic hydroxyl groups excluding tert-OH is 1. The van der Waals surface area contributed by atoms with Crippen molar-refractivity contribution in [2.75, 3.05) is 51.5 Å². The molecule has 5 aromatic rings. The van der Waals surface area contributed by atoms with Crippen LogP contribution in [0.5, 0.6) is 11.5 Å². The highest BCUT2D eigenvalue weighted by Crippen LogP contribution is 2.33. The van der Waals surface area contributed by atoms with E-state index in [4.69, 9.17) is 21.1 Å². The molecule has 6 rings (SSSR count). The number of phenolic OH excluding ortho intramolecular Hbond substituents is 1. The Morgan fingerprint density at radius 2 is 1.73 bits per heavy atom. The number of carbonyl (C=O) groups is 2. The zero-order valence-electron chi connectivity index (χ0n) is 31.9. The number of aryl methyl sites for hydroxylation is 1. The molecule has 0 radical (unpaired) electrons. The van der Waals surface area contributed by atoms with Gasteiger partial charge in [-0.3, -0.25) is 14.9 Å². The molecule has 1 aliphatic rings. The van der Waals surface area contributed by atoms with Crippen LogP contribution in [-0.4, -0.2) is 78.6 Å². The zero-order chi connectivity index (χ0) is 39.8. The number of fused-ring (bicyclic) bond motifs is 1. The second-order valence-corrected chi connectivity index (χ2v) is 15.2. The summed E-state index contributed by atoms with van der Waals surface area (Å²) in [6.07, 6.45) is 1.53. The molecule has 56 heavy (non-hydrogen) atoms. The van der Waals surface area contributed by atoms with E-state index >= 15 is 0 Å². The van der Waals surface area contributed by atoms with Crippen molar-refractivity contribution in [1.82, 2.24) is 10.3 Å². The number of aromatic nitrogens is 1. The highest BCUT2D eigenvalue weighted by molar-refractivity contribution is 6.33. The van der Waals surface area contributed by atoms with E-state index < -0.39 is 12.2 Å². The highest BCUT2D eigenvalue weighted by atomic mass is 35.5. The molecular formula is C43H49ClN5O7+. The minimum atomic E-state index is -0.941. The van der Waals surface area contributed by atoms with Gasteiger partial charge in [-0.15, -0.1) is 0 Å². The molecule has 0 spiro atoms. The molecule has 6 N–H and O–H groups in total. The van der Waals surface area contributed by atoms with Gasteiger partial charge in [0.25, 0.3) is 0 Å². The smallest absolute Gasteiger partial charge is 0.411 e. The lowest BCUT2D eigenvalue weighted by molar-refractivity contribution is -0.896. The first-order valence-corrected chi connectivity index (χ1v) is 19.1. The molecule has 2 heterocycles. The lowest BCUT2D eigenvalue weighted by atomic mass is 9.99. The predicted molar refractivity (Wildman–Crippen MR) is 219 cm³/mol. The van der Waals surface area contributed by atoms with Gasteiger partial charge in [-0.2, -0.15) is 0 Å². The van der Waals surface area contributed by atoms with Crippen LogP contribution in [0.2, 0.25) is 5.02 Å². The number of rotatable bonds is 14. The van der Waals surface area contributed by atoms with Crippen molar-refractivity contribution in [3.63, 3.8) is 0 Å². The number of nitrogens with one attached hydrogen (secondary N) is 4. The number of likely N-dealkylation sites (tertiary alicyclic amines) is 1. The summed E-state index contributed by atoms with van der Waals surface area (Å²) < 4.78 is 12.4. The maximum Gasteiger partial charge on any atom is 0.411 e. The van der Waals surface area contributed by atoms with Gasteiger partial charge in [-0.05, 0) is 53.8 Å². The van der Waals surface area contributed by atoms with Crippen LogP contribution in [0.1, 0.15) is 48.5 Å². The van der Waals surface area contributed by atoms with Crippen LogP contribution in [0.15, 0.2) is 89.7 Å². The number of amides is 2. The van der Waals surface area contributed by atoms with Crippen LogP contribution < -0.4 is 26.2 Å². The Labute approximate surface area is 331 Å². The van der Waals surface area contributed by atoms with Crippen LogP contribution in [-0.2, 0) is 22.5 Å². The van der Waals surface area contributed by atoms with E-state index in [0.717, 1.165) is 52.7 Å². The Kier molecular flexibility index (Phi) is 13.0. The van der Waals surface area contributed by atoms with Crippen LogP contribution in [0, 0.1) is 0 Å². The Balaban J connectivity index is 1.03. The second-order valence-electron chi connectivity index (χ2n) is 14.8. The number of aromatic amines is 1. The first-order chi connectivity index (χ1) is 26.9. The van der Waals surface area contributed by atoms with E-state index in [1.54, 1.807) is 24.3 Å². The van der Waals surface area contributed by atoms with E-state index in [1.165, 1.54) is 19.2 Å². The molecule has 13 heteroatoms. The Morgan fingerprint density at radius 1 is 0.964 bits per heavy atom. The lowest BCUT2D eigenvalue weighted by Crippen LogP contribution is -2.48. The van der Waals surface area contributed by atoms with Gasteiger partial charge in [0, 0.05) is 61.0 Å². The quantitative estimate of drug-likeness (QED) is 0.0649. The number of nitrogens with zero attached hydrogens (tertiary/aromatic N) is 1. The van der Waals surface area contributed by atoms with Crippen molar-refractivity contribution in [2.24, 2.45) is 0 Å². The predicted octanol–water partition coefficient (Wildman–Crippen LogP) is 7.13. The van der Waals surface area contributed by atoms with Gasteiger partial charge in [0.1, 0.15) is 17.6 Å². The zero-order valence-corrected chi connectivity index (χ0v) is 32.6. The van der Waals surface area contributed by atoms with Gasteiger partial charge in [0.05, 0.1) is 62.3 Å². The lowest BCUT2D eigenvalue weighted by Gasteiger charge is -2.36. The SMILES string of the molecule is COc1cc(NC(=O)CCCc2ccc(-c3ccccc3)c(NC(=O)OC3CC[N+](C)(C)CC3)c2)c(Cl)cc1CNC[C@H](O)c1ccc(O)c2[nH]c(=O)ccc12. The monoisotopic (exact) mass is 782 g/mol. The van der Waals surface area contributed by atoms with Crippen molar-refractivity contribution < 1.29 is 33.8 Å². The molecule has 1 fully saturated rings. The minimum absolute atomic E-state index is 0.0812. The maximum atomic E-state index is 13.1. The van der Waals surface area contributed by atoms with E-state index in [1.807, 2.05) is 48.5 Å². The number of phenols is 1. The molecule has 1 aromatic heterocycles. The highest BCUT2D eigenvalue weighted by Gasteiger charge is 2.28. The number of H-pyrrole nitrogens is 1. The van der Waals surface area contributed by atoms with Crippen molar-refractivity contribution in [3.05, 3.63) is 117 Å². The first kappa shape index (κ1) is 40.3. The number of aromatic hydroxyl groups is 1. The van der Waals surface area contributed by atoms with Crippen molar-refractivity contribution in [2.45, 2.75) is 50.9 Å². The van der Waals surface area contributed by atoms with Gasteiger partial charge in [0.15, 0.2) is 0 Å². The van der Waals surface area contributed by atoms with E-state index in [2.05, 4.69) is 35.0 Å². The molecule has 0 aliphatic carbocycles. The summed E-state index contributed by atoms with van der Waals surface area (Å²) in [5, 5.41) is 31.1. The van der Waals surface area contributed by atoms with Crippen LogP contribution in [0.3, 0.4) is 0 Å². The molecule has 1 aliphatic heterocycles. The van der Waals surface area contributed by atoms with E-state index in [9.17, 15) is 24.6 Å². The van der Waals surface area contributed by atoms with Crippen LogP contribution in [0.4, 0.5) is 16.2 Å².